The van der Waals surface area contributed by atoms with E-state index in [1.807, 2.05) is 32.9 Å². The fraction of sp³-hybridized carbons (Fsp3) is 0.514. The van der Waals surface area contributed by atoms with Gasteiger partial charge in [-0.05, 0) is 83.9 Å². The van der Waals surface area contributed by atoms with Crippen LogP contribution in [-0.4, -0.2) is 99.5 Å². The van der Waals surface area contributed by atoms with E-state index in [2.05, 4.69) is 30.9 Å². The van der Waals surface area contributed by atoms with Crippen molar-refractivity contribution in [1.82, 2.24) is 30.1 Å². The third kappa shape index (κ3) is 12.8. The van der Waals surface area contributed by atoms with Crippen molar-refractivity contribution in [3.05, 3.63) is 60.4 Å². The molecular weight excluding hydrogens is 653 g/mol. The van der Waals surface area contributed by atoms with Crippen molar-refractivity contribution in [2.45, 2.75) is 77.9 Å². The summed E-state index contributed by atoms with van der Waals surface area (Å²) in [5, 5.41) is 9.09. The summed E-state index contributed by atoms with van der Waals surface area (Å²) in [7, 11) is 0. The molecule has 0 bridgehead atoms. The predicted octanol–water partition coefficient (Wildman–Crippen LogP) is 6.00. The van der Waals surface area contributed by atoms with Crippen LogP contribution in [0.4, 0.5) is 35.4 Å². The number of alkyl carbamates (subject to hydrolysis) is 1. The second-order valence-corrected chi connectivity index (χ2v) is 14.1. The van der Waals surface area contributed by atoms with Gasteiger partial charge in [0.1, 0.15) is 23.1 Å². The number of nitrogens with one attached hydrogen (secondary N) is 3. The van der Waals surface area contributed by atoms with Crippen molar-refractivity contribution in [2.24, 2.45) is 0 Å². The van der Waals surface area contributed by atoms with E-state index in [1.54, 1.807) is 63.5 Å². The number of piperazine rings is 1. The first-order chi connectivity index (χ1) is 23.4. The van der Waals surface area contributed by atoms with Gasteiger partial charge in [-0.2, -0.15) is 13.2 Å². The number of amides is 1. The molecule has 1 amide bonds. The van der Waals surface area contributed by atoms with Crippen molar-refractivity contribution >= 4 is 29.5 Å². The van der Waals surface area contributed by atoms with Gasteiger partial charge in [0.05, 0.1) is 12.2 Å². The Morgan fingerprint density at radius 3 is 2.38 bits per heavy atom. The molecule has 15 heteroatoms. The second kappa shape index (κ2) is 16.5. The van der Waals surface area contributed by atoms with Gasteiger partial charge in [-0.1, -0.05) is 12.1 Å². The Morgan fingerprint density at radius 1 is 0.940 bits per heavy atom. The number of carbonyl (C=O) groups is 2. The molecule has 4 rings (SSSR count). The van der Waals surface area contributed by atoms with Crippen molar-refractivity contribution in [1.29, 1.82) is 0 Å². The van der Waals surface area contributed by atoms with Gasteiger partial charge in [0.2, 0.25) is 5.95 Å². The third-order valence-electron chi connectivity index (χ3n) is 7.34. The van der Waals surface area contributed by atoms with Crippen molar-refractivity contribution in [2.75, 3.05) is 49.9 Å². The van der Waals surface area contributed by atoms with Crippen molar-refractivity contribution < 1.29 is 32.2 Å². The number of hydrogen-bond acceptors (Lipinski definition) is 11. The van der Waals surface area contributed by atoms with Crippen LogP contribution in [0.5, 0.6) is 0 Å². The fourth-order valence-electron chi connectivity index (χ4n) is 5.23. The number of rotatable bonds is 12. The third-order valence-corrected chi connectivity index (χ3v) is 7.34. The quantitative estimate of drug-likeness (QED) is 0.152. The highest BCUT2D eigenvalue weighted by atomic mass is 19.4. The lowest BCUT2D eigenvalue weighted by molar-refractivity contribution is -0.200. The van der Waals surface area contributed by atoms with Crippen LogP contribution >= 0.6 is 0 Å². The van der Waals surface area contributed by atoms with Gasteiger partial charge in [-0.15, -0.1) is 0 Å². The van der Waals surface area contributed by atoms with Gasteiger partial charge in [-0.3, -0.25) is 14.6 Å². The summed E-state index contributed by atoms with van der Waals surface area (Å²) in [6.45, 7) is 11.7. The van der Waals surface area contributed by atoms with Gasteiger partial charge in [0.25, 0.3) is 0 Å². The largest absolute Gasteiger partial charge is 0.459 e. The maximum Gasteiger partial charge on any atom is 0.407 e. The molecule has 3 aromatic rings. The fourth-order valence-corrected chi connectivity index (χ4v) is 5.23. The molecule has 1 fully saturated rings. The van der Waals surface area contributed by atoms with Gasteiger partial charge in [0, 0.05) is 62.9 Å². The highest BCUT2D eigenvalue weighted by molar-refractivity contribution is 5.72. The zero-order chi connectivity index (χ0) is 36.5. The summed E-state index contributed by atoms with van der Waals surface area (Å²) in [4.78, 5) is 40.3. The molecule has 3 N–H and O–H groups in total. The molecular formula is C35H47F3N8O4. The van der Waals surface area contributed by atoms with E-state index in [1.165, 1.54) is 9.80 Å². The molecule has 1 aliphatic rings. The van der Waals surface area contributed by atoms with Crippen LogP contribution in [0.15, 0.2) is 54.9 Å². The van der Waals surface area contributed by atoms with E-state index in [0.717, 1.165) is 5.56 Å². The number of aromatic nitrogens is 3. The molecule has 3 heterocycles. The maximum atomic E-state index is 14.2. The molecule has 272 valence electrons. The number of hydrogen-bond donors (Lipinski definition) is 3. The smallest absolute Gasteiger partial charge is 0.407 e. The average Bonchev–Trinajstić information content (AvgIpc) is 3.00. The van der Waals surface area contributed by atoms with Crippen LogP contribution in [0.25, 0.3) is 11.3 Å². The summed E-state index contributed by atoms with van der Waals surface area (Å²) >= 11 is 0. The summed E-state index contributed by atoms with van der Waals surface area (Å²) in [5.74, 6) is 0.455. The van der Waals surface area contributed by atoms with E-state index < -0.39 is 35.5 Å². The molecule has 1 atom stereocenters. The maximum absolute atomic E-state index is 14.2. The van der Waals surface area contributed by atoms with E-state index in [-0.39, 0.29) is 26.2 Å². The Balaban J connectivity index is 1.31. The highest BCUT2D eigenvalue weighted by Gasteiger charge is 2.46. The predicted molar refractivity (Wildman–Crippen MR) is 185 cm³/mol. The number of pyridine rings is 1. The van der Waals surface area contributed by atoms with Crippen LogP contribution < -0.4 is 16.0 Å². The first kappa shape index (κ1) is 38.3. The Kier molecular flexibility index (Phi) is 12.6. The van der Waals surface area contributed by atoms with E-state index in [4.69, 9.17) is 9.47 Å². The molecule has 50 heavy (non-hydrogen) atoms. The second-order valence-electron chi connectivity index (χ2n) is 14.1. The first-order valence-electron chi connectivity index (χ1n) is 16.5. The molecule has 1 unspecified atom stereocenters. The number of benzene rings is 1. The molecule has 1 saturated heterocycles. The Hall–Kier alpha value is -4.50. The van der Waals surface area contributed by atoms with Gasteiger partial charge in [0.15, 0.2) is 0 Å². The van der Waals surface area contributed by atoms with Crippen molar-refractivity contribution in [3.63, 3.8) is 0 Å². The number of nitrogens with zero attached hydrogens (tertiary/aromatic N) is 5. The van der Waals surface area contributed by atoms with Crippen molar-refractivity contribution in [3.8, 4) is 11.3 Å². The summed E-state index contributed by atoms with van der Waals surface area (Å²) < 4.78 is 53.0. The van der Waals surface area contributed by atoms with Crippen LogP contribution in [0.3, 0.4) is 0 Å². The highest BCUT2D eigenvalue weighted by Crippen LogP contribution is 2.30. The minimum atomic E-state index is -4.47. The SMILES string of the molecule is CC(C)(C)OC(=O)CN1CCN(Cc2cccc(Nc3nccc(-c4ccc(NCCCNC(=O)OC(C)(C)C)nc4)n3)c2)C(C(F)(F)F)C1. The summed E-state index contributed by atoms with van der Waals surface area (Å²) in [6.07, 6.45) is -0.934. The first-order valence-corrected chi connectivity index (χ1v) is 16.5. The number of carbonyl (C=O) groups excluding carboxylic acids is 2. The lowest BCUT2D eigenvalue weighted by atomic mass is 10.1. The zero-order valence-electron chi connectivity index (χ0n) is 29.4. The number of alkyl halides is 3. The van der Waals surface area contributed by atoms with Crippen LogP contribution in [0.1, 0.15) is 53.5 Å². The Morgan fingerprint density at radius 2 is 1.70 bits per heavy atom. The topological polar surface area (TPSA) is 134 Å². The minimum Gasteiger partial charge on any atom is -0.459 e. The zero-order valence-corrected chi connectivity index (χ0v) is 29.4. The van der Waals surface area contributed by atoms with Gasteiger partial charge in [-0.25, -0.2) is 19.7 Å². The number of anilines is 3. The van der Waals surface area contributed by atoms with E-state index >= 15 is 0 Å². The number of halogens is 3. The normalized spacial score (nSPS) is 16.1. The molecule has 0 spiro atoms. The Bertz CT molecular complexity index is 1580. The Labute approximate surface area is 291 Å². The number of ether oxygens (including phenoxy) is 2. The van der Waals surface area contributed by atoms with Gasteiger partial charge < -0.3 is 25.4 Å². The molecule has 1 aliphatic heterocycles. The standard InChI is InChI=1S/C35H47F3N8O4/c1-33(2,3)49-30(47)23-45-17-18-46(28(22-45)35(36,37)38)21-24-9-7-10-26(19-24)43-31-40-16-13-27(44-31)25-11-12-29(42-20-25)39-14-8-15-41-32(48)50-34(4,5)6/h7,9-13,16,19-20,28H,8,14-15,17-18,21-23H2,1-6H3,(H,39,42)(H,41,48)(H,40,43,44). The van der Waals surface area contributed by atoms with E-state index in [0.29, 0.717) is 54.8 Å². The molecule has 12 nitrogen and oxygen atoms in total. The molecule has 0 radical (unpaired) electrons. The molecule has 0 saturated carbocycles. The average molecular weight is 701 g/mol. The van der Waals surface area contributed by atoms with Crippen LogP contribution in [0, 0.1) is 0 Å². The van der Waals surface area contributed by atoms with Crippen LogP contribution in [-0.2, 0) is 20.8 Å². The molecule has 2 aromatic heterocycles. The van der Waals surface area contributed by atoms with Crippen LogP contribution in [0.2, 0.25) is 0 Å². The van der Waals surface area contributed by atoms with Gasteiger partial charge >= 0.3 is 18.2 Å². The summed E-state index contributed by atoms with van der Waals surface area (Å²) in [6, 6.07) is 10.9. The molecule has 0 aliphatic carbocycles. The number of esters is 1. The molecule has 1 aromatic carbocycles. The minimum absolute atomic E-state index is 0.0766. The summed E-state index contributed by atoms with van der Waals surface area (Å²) in [5.41, 5.74) is 1.47. The monoisotopic (exact) mass is 700 g/mol. The lowest BCUT2D eigenvalue weighted by Gasteiger charge is -2.42. The van der Waals surface area contributed by atoms with E-state index in [9.17, 15) is 22.8 Å². The lowest BCUT2D eigenvalue weighted by Crippen LogP contribution is -2.59.